The number of hydrogen-bond donors (Lipinski definition) is 1. The van der Waals surface area contributed by atoms with Crippen molar-refractivity contribution in [1.29, 1.82) is 0 Å². The Morgan fingerprint density at radius 1 is 1.15 bits per heavy atom. The third-order valence-corrected chi connectivity index (χ3v) is 2.96. The molecule has 0 aromatic carbocycles. The van der Waals surface area contributed by atoms with Crippen LogP contribution in [0, 0.1) is 19.8 Å². The highest BCUT2D eigenvalue weighted by molar-refractivity contribution is 5.55. The number of nitrogens with zero attached hydrogens (tertiary/aromatic N) is 3. The first-order valence-electron chi connectivity index (χ1n) is 6.90. The number of rotatable bonds is 5. The molecule has 0 spiro atoms. The summed E-state index contributed by atoms with van der Waals surface area (Å²) in [5, 5.41) is 13.9. The molecule has 2 aromatic heterocycles. The maximum atomic E-state index is 9.90. The molecule has 2 aromatic rings. The fourth-order valence-corrected chi connectivity index (χ4v) is 2.25. The first-order chi connectivity index (χ1) is 9.44. The predicted octanol–water partition coefficient (Wildman–Crippen LogP) is 2.70. The third-order valence-electron chi connectivity index (χ3n) is 2.96. The van der Waals surface area contributed by atoms with Gasteiger partial charge in [0.1, 0.15) is 0 Å². The summed E-state index contributed by atoms with van der Waals surface area (Å²) >= 11 is 0. The molecule has 5 heteroatoms. The van der Waals surface area contributed by atoms with Crippen LogP contribution >= 0.6 is 0 Å². The zero-order chi connectivity index (χ0) is 14.7. The SMILES string of the molecule is Cc1cc(-c2noc(CC(O)CC(C)C)n2)cc(C)n1. The van der Waals surface area contributed by atoms with Crippen LogP contribution in [0.25, 0.3) is 11.4 Å². The summed E-state index contributed by atoms with van der Waals surface area (Å²) in [7, 11) is 0. The number of pyridine rings is 1. The quantitative estimate of drug-likeness (QED) is 0.908. The highest BCUT2D eigenvalue weighted by Crippen LogP contribution is 2.18. The maximum absolute atomic E-state index is 9.90. The van der Waals surface area contributed by atoms with Crippen LogP contribution in [0.2, 0.25) is 0 Å². The van der Waals surface area contributed by atoms with E-state index in [0.717, 1.165) is 23.4 Å². The van der Waals surface area contributed by atoms with E-state index in [0.29, 0.717) is 24.1 Å². The molecule has 1 unspecified atom stereocenters. The minimum absolute atomic E-state index is 0.397. The first-order valence-corrected chi connectivity index (χ1v) is 6.90. The Morgan fingerprint density at radius 2 is 1.80 bits per heavy atom. The van der Waals surface area contributed by atoms with Gasteiger partial charge >= 0.3 is 0 Å². The summed E-state index contributed by atoms with van der Waals surface area (Å²) < 4.78 is 5.21. The standard InChI is InChI=1S/C15H21N3O2/c1-9(2)5-13(19)8-14-17-15(18-20-14)12-6-10(3)16-11(4)7-12/h6-7,9,13,19H,5,8H2,1-4H3. The normalized spacial score (nSPS) is 12.9. The van der Waals surface area contributed by atoms with Crippen molar-refractivity contribution in [3.8, 4) is 11.4 Å². The van der Waals surface area contributed by atoms with E-state index >= 15 is 0 Å². The smallest absolute Gasteiger partial charge is 0.229 e. The molecule has 0 aliphatic carbocycles. The van der Waals surface area contributed by atoms with Crippen molar-refractivity contribution < 1.29 is 9.63 Å². The second-order valence-electron chi connectivity index (χ2n) is 5.64. The van der Waals surface area contributed by atoms with Gasteiger partial charge in [-0.3, -0.25) is 4.98 Å². The summed E-state index contributed by atoms with van der Waals surface area (Å²) in [4.78, 5) is 8.67. The van der Waals surface area contributed by atoms with E-state index in [1.165, 1.54) is 0 Å². The van der Waals surface area contributed by atoms with E-state index in [4.69, 9.17) is 4.52 Å². The van der Waals surface area contributed by atoms with Crippen LogP contribution < -0.4 is 0 Å². The lowest BCUT2D eigenvalue weighted by molar-refractivity contribution is 0.138. The molecule has 108 valence electrons. The van der Waals surface area contributed by atoms with Gasteiger partial charge in [-0.05, 0) is 38.3 Å². The number of aliphatic hydroxyl groups is 1. The second kappa shape index (κ2) is 6.13. The van der Waals surface area contributed by atoms with E-state index in [1.807, 2.05) is 26.0 Å². The molecule has 0 fully saturated rings. The van der Waals surface area contributed by atoms with Crippen LogP contribution in [0.3, 0.4) is 0 Å². The van der Waals surface area contributed by atoms with Crippen molar-refractivity contribution in [1.82, 2.24) is 15.1 Å². The number of aromatic nitrogens is 3. The van der Waals surface area contributed by atoms with Gasteiger partial charge in [-0.1, -0.05) is 19.0 Å². The van der Waals surface area contributed by atoms with Crippen LogP contribution in [0.1, 0.15) is 37.5 Å². The average molecular weight is 275 g/mol. The molecule has 0 saturated heterocycles. The number of aliphatic hydroxyl groups excluding tert-OH is 1. The van der Waals surface area contributed by atoms with E-state index in [2.05, 4.69) is 29.0 Å². The topological polar surface area (TPSA) is 72.0 Å². The fourth-order valence-electron chi connectivity index (χ4n) is 2.25. The summed E-state index contributed by atoms with van der Waals surface area (Å²) in [6.45, 7) is 8.02. The monoisotopic (exact) mass is 275 g/mol. The molecule has 1 N–H and O–H groups in total. The molecule has 0 bridgehead atoms. The maximum Gasteiger partial charge on any atom is 0.229 e. The molecule has 0 amide bonds. The van der Waals surface area contributed by atoms with Crippen molar-refractivity contribution in [3.63, 3.8) is 0 Å². The molecular formula is C15H21N3O2. The van der Waals surface area contributed by atoms with Crippen LogP contribution in [-0.2, 0) is 6.42 Å². The Labute approximate surface area is 119 Å². The Bertz CT molecular complexity index is 558. The van der Waals surface area contributed by atoms with Crippen molar-refractivity contribution in [3.05, 3.63) is 29.4 Å². The van der Waals surface area contributed by atoms with Crippen LogP contribution in [0.15, 0.2) is 16.7 Å². The van der Waals surface area contributed by atoms with E-state index in [1.54, 1.807) is 0 Å². The van der Waals surface area contributed by atoms with Gasteiger partial charge in [0.25, 0.3) is 0 Å². The van der Waals surface area contributed by atoms with Crippen LogP contribution in [-0.4, -0.2) is 26.3 Å². The van der Waals surface area contributed by atoms with E-state index in [9.17, 15) is 5.11 Å². The van der Waals surface area contributed by atoms with Gasteiger partial charge in [-0.15, -0.1) is 0 Å². The molecule has 1 atom stereocenters. The van der Waals surface area contributed by atoms with Crippen molar-refractivity contribution >= 4 is 0 Å². The predicted molar refractivity (Wildman–Crippen MR) is 76.2 cm³/mol. The van der Waals surface area contributed by atoms with Gasteiger partial charge in [0.2, 0.25) is 11.7 Å². The zero-order valence-corrected chi connectivity index (χ0v) is 12.4. The molecule has 0 aliphatic rings. The summed E-state index contributed by atoms with van der Waals surface area (Å²) in [6, 6.07) is 3.85. The second-order valence-corrected chi connectivity index (χ2v) is 5.64. The lowest BCUT2D eigenvalue weighted by Gasteiger charge is -2.09. The van der Waals surface area contributed by atoms with E-state index in [-0.39, 0.29) is 0 Å². The van der Waals surface area contributed by atoms with Gasteiger partial charge in [0.05, 0.1) is 12.5 Å². The highest BCUT2D eigenvalue weighted by Gasteiger charge is 2.14. The Balaban J connectivity index is 2.12. The Hall–Kier alpha value is -1.75. The minimum atomic E-state index is -0.441. The van der Waals surface area contributed by atoms with Crippen molar-refractivity contribution in [2.45, 2.75) is 46.6 Å². The van der Waals surface area contributed by atoms with Crippen LogP contribution in [0.4, 0.5) is 0 Å². The Morgan fingerprint density at radius 3 is 2.40 bits per heavy atom. The zero-order valence-electron chi connectivity index (χ0n) is 12.4. The van der Waals surface area contributed by atoms with Gasteiger partial charge in [0.15, 0.2) is 0 Å². The lowest BCUT2D eigenvalue weighted by Crippen LogP contribution is -2.13. The van der Waals surface area contributed by atoms with Crippen molar-refractivity contribution in [2.75, 3.05) is 0 Å². The number of hydrogen-bond acceptors (Lipinski definition) is 5. The molecule has 2 heterocycles. The van der Waals surface area contributed by atoms with Gasteiger partial charge < -0.3 is 9.63 Å². The molecular weight excluding hydrogens is 254 g/mol. The van der Waals surface area contributed by atoms with Gasteiger partial charge in [0, 0.05) is 17.0 Å². The Kier molecular flexibility index (Phi) is 4.49. The largest absolute Gasteiger partial charge is 0.393 e. The summed E-state index contributed by atoms with van der Waals surface area (Å²) in [6.07, 6.45) is 0.684. The van der Waals surface area contributed by atoms with Gasteiger partial charge in [-0.2, -0.15) is 4.98 Å². The molecule has 0 radical (unpaired) electrons. The van der Waals surface area contributed by atoms with Gasteiger partial charge in [-0.25, -0.2) is 0 Å². The average Bonchev–Trinajstić information content (AvgIpc) is 2.74. The number of aryl methyl sites for hydroxylation is 2. The molecule has 20 heavy (non-hydrogen) atoms. The molecule has 5 nitrogen and oxygen atoms in total. The van der Waals surface area contributed by atoms with E-state index < -0.39 is 6.10 Å². The third kappa shape index (κ3) is 3.87. The highest BCUT2D eigenvalue weighted by atomic mass is 16.5. The molecule has 2 rings (SSSR count). The first kappa shape index (κ1) is 14.7. The summed E-state index contributed by atoms with van der Waals surface area (Å²) in [5.41, 5.74) is 2.74. The minimum Gasteiger partial charge on any atom is -0.393 e. The van der Waals surface area contributed by atoms with Crippen LogP contribution in [0.5, 0.6) is 0 Å². The van der Waals surface area contributed by atoms with Crippen molar-refractivity contribution in [2.24, 2.45) is 5.92 Å². The molecule has 0 aliphatic heterocycles. The molecule has 0 saturated carbocycles. The fraction of sp³-hybridized carbons (Fsp3) is 0.533. The summed E-state index contributed by atoms with van der Waals surface area (Å²) in [5.74, 6) is 1.46. The lowest BCUT2D eigenvalue weighted by atomic mass is 10.0.